The molecule has 0 bridgehead atoms. The summed E-state index contributed by atoms with van der Waals surface area (Å²) in [6, 6.07) is 7.81. The number of allylic oxidation sites excluding steroid dienone is 2. The van der Waals surface area contributed by atoms with Crippen molar-refractivity contribution in [2.24, 2.45) is 0 Å². The van der Waals surface area contributed by atoms with Crippen molar-refractivity contribution in [1.29, 1.82) is 5.41 Å². The van der Waals surface area contributed by atoms with Gasteiger partial charge in [-0.15, -0.1) is 11.6 Å². The van der Waals surface area contributed by atoms with Crippen molar-refractivity contribution in [3.8, 4) is 0 Å². The number of halogens is 1. The third-order valence-electron chi connectivity index (χ3n) is 2.65. The summed E-state index contributed by atoms with van der Waals surface area (Å²) in [5.41, 5.74) is 3.04. The Morgan fingerprint density at radius 1 is 1.37 bits per heavy atom. The van der Waals surface area contributed by atoms with Crippen LogP contribution in [0, 0.1) is 12.3 Å². The van der Waals surface area contributed by atoms with E-state index in [0.29, 0.717) is 23.4 Å². The molecule has 100 valence electrons. The van der Waals surface area contributed by atoms with E-state index in [0.717, 1.165) is 17.3 Å². The molecule has 0 spiro atoms. The summed E-state index contributed by atoms with van der Waals surface area (Å²) in [6.45, 7) is 2.00. The molecule has 0 aromatic heterocycles. The Bertz CT molecular complexity index is 493. The minimum Gasteiger partial charge on any atom is -0.350 e. The van der Waals surface area contributed by atoms with Gasteiger partial charge in [0, 0.05) is 25.3 Å². The fourth-order valence-corrected chi connectivity index (χ4v) is 1.80. The molecule has 0 saturated carbocycles. The second kappa shape index (κ2) is 7.54. The van der Waals surface area contributed by atoms with Crippen LogP contribution in [0.1, 0.15) is 11.1 Å². The average molecular weight is 277 g/mol. The van der Waals surface area contributed by atoms with Gasteiger partial charge in [-0.1, -0.05) is 35.9 Å². The summed E-state index contributed by atoms with van der Waals surface area (Å²) >= 11 is 5.62. The molecule has 3 nitrogen and oxygen atoms in total. The normalized spacial score (nSPS) is 12.2. The van der Waals surface area contributed by atoms with Crippen molar-refractivity contribution in [3.05, 3.63) is 53.2 Å². The second-order valence-corrected chi connectivity index (χ2v) is 4.39. The van der Waals surface area contributed by atoms with Gasteiger partial charge in [0.25, 0.3) is 0 Å². The lowest BCUT2D eigenvalue weighted by Gasteiger charge is -2.20. The number of carbonyl (C=O) groups excluding carboxylic acids is 1. The molecule has 0 heterocycles. The average Bonchev–Trinajstić information content (AvgIpc) is 2.43. The predicted octanol–water partition coefficient (Wildman–Crippen LogP) is 3.24. The zero-order valence-electron chi connectivity index (χ0n) is 11.1. The molecule has 4 heteroatoms. The molecule has 0 aliphatic heterocycles. The zero-order chi connectivity index (χ0) is 14.3. The number of aryl methyl sites for hydroxylation is 1. The van der Waals surface area contributed by atoms with Crippen LogP contribution in [0.4, 0.5) is 0 Å². The van der Waals surface area contributed by atoms with Crippen LogP contribution in [-0.2, 0) is 4.79 Å². The molecule has 0 fully saturated rings. The first kappa shape index (κ1) is 15.2. The Labute approximate surface area is 118 Å². The van der Waals surface area contributed by atoms with Crippen LogP contribution in [0.3, 0.4) is 0 Å². The number of hydrogen-bond acceptors (Lipinski definition) is 3. The maximum atomic E-state index is 11.1. The van der Waals surface area contributed by atoms with E-state index in [1.165, 1.54) is 0 Å². The fraction of sp³-hybridized carbons (Fsp3) is 0.200. The summed E-state index contributed by atoms with van der Waals surface area (Å²) < 4.78 is 0. The lowest BCUT2D eigenvalue weighted by Crippen LogP contribution is -2.13. The summed E-state index contributed by atoms with van der Waals surface area (Å²) in [6.07, 6.45) is 5.32. The molecule has 1 N–H and O–H groups in total. The lowest BCUT2D eigenvalue weighted by atomic mass is 10.0. The van der Waals surface area contributed by atoms with Gasteiger partial charge in [-0.2, -0.15) is 0 Å². The maximum absolute atomic E-state index is 11.1. The summed E-state index contributed by atoms with van der Waals surface area (Å²) in [4.78, 5) is 12.9. The van der Waals surface area contributed by atoms with Gasteiger partial charge < -0.3 is 10.3 Å². The first-order chi connectivity index (χ1) is 9.13. The van der Waals surface area contributed by atoms with Crippen molar-refractivity contribution in [3.63, 3.8) is 0 Å². The van der Waals surface area contributed by atoms with E-state index in [1.54, 1.807) is 17.2 Å². The number of nitrogens with zero attached hydrogens (tertiary/aromatic N) is 1. The highest BCUT2D eigenvalue weighted by Crippen LogP contribution is 2.21. The topological polar surface area (TPSA) is 44.2 Å². The van der Waals surface area contributed by atoms with E-state index in [-0.39, 0.29) is 0 Å². The largest absolute Gasteiger partial charge is 0.350 e. The van der Waals surface area contributed by atoms with Crippen LogP contribution < -0.4 is 0 Å². The Morgan fingerprint density at radius 3 is 2.47 bits per heavy atom. The Morgan fingerprint density at radius 2 is 2.00 bits per heavy atom. The van der Waals surface area contributed by atoms with Crippen molar-refractivity contribution in [2.75, 3.05) is 12.9 Å². The van der Waals surface area contributed by atoms with Crippen molar-refractivity contribution < 1.29 is 4.79 Å². The van der Waals surface area contributed by atoms with Crippen molar-refractivity contribution >= 4 is 29.8 Å². The third-order valence-corrected chi connectivity index (χ3v) is 2.83. The maximum Gasteiger partial charge on any atom is 0.153 e. The van der Waals surface area contributed by atoms with Crippen molar-refractivity contribution in [2.45, 2.75) is 6.92 Å². The van der Waals surface area contributed by atoms with E-state index < -0.39 is 0 Å². The van der Waals surface area contributed by atoms with Crippen LogP contribution in [-0.4, -0.2) is 30.3 Å². The second-order valence-electron chi connectivity index (χ2n) is 4.08. The molecule has 1 rings (SSSR count). The highest BCUT2D eigenvalue weighted by molar-refractivity contribution is 6.18. The smallest absolute Gasteiger partial charge is 0.153 e. The molecular weight excluding hydrogens is 260 g/mol. The fourth-order valence-electron chi connectivity index (χ4n) is 1.72. The molecule has 0 radical (unpaired) electrons. The van der Waals surface area contributed by atoms with E-state index in [2.05, 4.69) is 0 Å². The number of hydrogen-bond donors (Lipinski definition) is 1. The SMILES string of the molecule is Cc1ccc(/C(=C(/C=N)C=O)N(C)/C=C/CCl)cc1. The van der Waals surface area contributed by atoms with E-state index in [1.807, 2.05) is 38.2 Å². The molecule has 1 aromatic carbocycles. The number of rotatable bonds is 6. The first-order valence-corrected chi connectivity index (χ1v) is 6.40. The van der Waals surface area contributed by atoms with E-state index >= 15 is 0 Å². The van der Waals surface area contributed by atoms with E-state index in [9.17, 15) is 4.79 Å². The van der Waals surface area contributed by atoms with Gasteiger partial charge in [0.15, 0.2) is 6.29 Å². The third kappa shape index (κ3) is 4.07. The quantitative estimate of drug-likeness (QED) is 0.375. The van der Waals surface area contributed by atoms with Crippen LogP contribution in [0.5, 0.6) is 0 Å². The number of nitrogens with one attached hydrogen (secondary N) is 1. The highest BCUT2D eigenvalue weighted by atomic mass is 35.5. The lowest BCUT2D eigenvalue weighted by molar-refractivity contribution is -0.104. The number of carbonyl (C=O) groups is 1. The summed E-state index contributed by atoms with van der Waals surface area (Å²) in [5.74, 6) is 0.395. The Kier molecular flexibility index (Phi) is 6.03. The summed E-state index contributed by atoms with van der Waals surface area (Å²) in [7, 11) is 1.82. The van der Waals surface area contributed by atoms with Gasteiger partial charge in [0.05, 0.1) is 11.3 Å². The van der Waals surface area contributed by atoms with Gasteiger partial charge in [0.1, 0.15) is 0 Å². The Hall–Kier alpha value is -1.87. The molecule has 0 saturated heterocycles. The molecule has 0 unspecified atom stereocenters. The number of benzene rings is 1. The van der Waals surface area contributed by atoms with Crippen molar-refractivity contribution in [1.82, 2.24) is 4.90 Å². The minimum absolute atomic E-state index is 0.325. The molecule has 1 aromatic rings. The van der Waals surface area contributed by atoms with Crippen LogP contribution >= 0.6 is 11.6 Å². The van der Waals surface area contributed by atoms with Gasteiger partial charge in [-0.25, -0.2) is 0 Å². The van der Waals surface area contributed by atoms with Crippen LogP contribution in [0.25, 0.3) is 5.70 Å². The zero-order valence-corrected chi connectivity index (χ0v) is 11.8. The van der Waals surface area contributed by atoms with Gasteiger partial charge in [-0.3, -0.25) is 4.79 Å². The van der Waals surface area contributed by atoms with Crippen LogP contribution in [0.2, 0.25) is 0 Å². The van der Waals surface area contributed by atoms with Crippen LogP contribution in [0.15, 0.2) is 42.1 Å². The molecule has 0 aliphatic carbocycles. The minimum atomic E-state index is 0.325. The summed E-state index contributed by atoms with van der Waals surface area (Å²) in [5, 5.41) is 7.36. The first-order valence-electron chi connectivity index (χ1n) is 5.86. The molecule has 0 amide bonds. The molecule has 19 heavy (non-hydrogen) atoms. The molecular formula is C15H17ClN2O. The molecule has 0 atom stereocenters. The monoisotopic (exact) mass is 276 g/mol. The van der Waals surface area contributed by atoms with Gasteiger partial charge >= 0.3 is 0 Å². The number of aldehydes is 1. The Balaban J connectivity index is 3.31. The van der Waals surface area contributed by atoms with E-state index in [4.69, 9.17) is 17.0 Å². The number of alkyl halides is 1. The van der Waals surface area contributed by atoms with Gasteiger partial charge in [0.2, 0.25) is 0 Å². The van der Waals surface area contributed by atoms with Gasteiger partial charge in [-0.05, 0) is 12.5 Å². The standard InChI is InChI=1S/C15H17ClN2O/c1-12-4-6-13(7-5-12)15(14(10-17)11-19)18(2)9-3-8-16/h3-7,9-11,17H,8H2,1-2H3/b9-3+,15-14+,17-10?. The predicted molar refractivity (Wildman–Crippen MR) is 80.6 cm³/mol. The highest BCUT2D eigenvalue weighted by Gasteiger charge is 2.10. The molecule has 0 aliphatic rings.